The van der Waals surface area contributed by atoms with Gasteiger partial charge in [0.05, 0.1) is 6.10 Å². The van der Waals surface area contributed by atoms with Gasteiger partial charge in [-0.1, -0.05) is 37.3 Å². The molecule has 21 heavy (non-hydrogen) atoms. The van der Waals surface area contributed by atoms with E-state index in [1.807, 2.05) is 0 Å². The first-order chi connectivity index (χ1) is 10.3. The molecule has 0 spiro atoms. The number of nitrogens with one attached hydrogen (secondary N) is 1. The highest BCUT2D eigenvalue weighted by molar-refractivity contribution is 5.16. The summed E-state index contributed by atoms with van der Waals surface area (Å²) in [7, 11) is 0. The molecule has 3 nitrogen and oxygen atoms in total. The highest BCUT2D eigenvalue weighted by Crippen LogP contribution is 2.19. The normalized spacial score (nSPS) is 30.6. The van der Waals surface area contributed by atoms with Crippen molar-refractivity contribution in [2.24, 2.45) is 0 Å². The molecule has 2 fully saturated rings. The largest absolute Gasteiger partial charge is 0.377 e. The number of hydrogen-bond acceptors (Lipinski definition) is 3. The standard InChI is InChI=1S/C18H28N2O/c1-2-16-13-20(14-18-9-6-10-21-18)17(12-19-16)11-15-7-4-3-5-8-15/h3-5,7-8,16-19H,2,6,9-14H2,1H3. The van der Waals surface area contributed by atoms with Crippen molar-refractivity contribution >= 4 is 0 Å². The quantitative estimate of drug-likeness (QED) is 0.901. The molecule has 2 aliphatic heterocycles. The highest BCUT2D eigenvalue weighted by Gasteiger charge is 2.30. The summed E-state index contributed by atoms with van der Waals surface area (Å²) in [5, 5.41) is 3.71. The van der Waals surface area contributed by atoms with Crippen LogP contribution in [0.2, 0.25) is 0 Å². The van der Waals surface area contributed by atoms with Gasteiger partial charge in [0.2, 0.25) is 0 Å². The van der Waals surface area contributed by atoms with E-state index in [1.165, 1.54) is 24.8 Å². The lowest BCUT2D eigenvalue weighted by atomic mass is 9.99. The fourth-order valence-corrected chi connectivity index (χ4v) is 3.56. The van der Waals surface area contributed by atoms with Crippen molar-refractivity contribution in [2.45, 2.75) is 50.8 Å². The molecule has 1 aromatic carbocycles. The van der Waals surface area contributed by atoms with Crippen LogP contribution < -0.4 is 5.32 Å². The van der Waals surface area contributed by atoms with Crippen LogP contribution in [0.1, 0.15) is 31.7 Å². The molecule has 0 saturated carbocycles. The molecule has 3 heteroatoms. The van der Waals surface area contributed by atoms with Crippen LogP contribution in [0.5, 0.6) is 0 Å². The van der Waals surface area contributed by atoms with Crippen molar-refractivity contribution in [1.82, 2.24) is 10.2 Å². The second-order valence-electron chi connectivity index (χ2n) is 6.45. The van der Waals surface area contributed by atoms with Crippen LogP contribution in [0.3, 0.4) is 0 Å². The number of benzene rings is 1. The summed E-state index contributed by atoms with van der Waals surface area (Å²) in [6.45, 7) is 6.60. The molecule has 0 aromatic heterocycles. The van der Waals surface area contributed by atoms with Crippen LogP contribution >= 0.6 is 0 Å². The van der Waals surface area contributed by atoms with E-state index in [1.54, 1.807) is 0 Å². The van der Waals surface area contributed by atoms with Gasteiger partial charge in [-0.2, -0.15) is 0 Å². The third-order valence-electron chi connectivity index (χ3n) is 4.88. The van der Waals surface area contributed by atoms with Gasteiger partial charge in [-0.25, -0.2) is 0 Å². The lowest BCUT2D eigenvalue weighted by Gasteiger charge is -2.41. The molecule has 0 bridgehead atoms. The average molecular weight is 288 g/mol. The van der Waals surface area contributed by atoms with Crippen LogP contribution in [-0.4, -0.2) is 49.3 Å². The Morgan fingerprint density at radius 1 is 1.29 bits per heavy atom. The van der Waals surface area contributed by atoms with E-state index in [0.717, 1.165) is 32.7 Å². The Bertz CT molecular complexity index is 416. The number of rotatable bonds is 5. The molecule has 1 N–H and O–H groups in total. The van der Waals surface area contributed by atoms with Crippen molar-refractivity contribution in [3.05, 3.63) is 35.9 Å². The van der Waals surface area contributed by atoms with Crippen LogP contribution in [0.4, 0.5) is 0 Å². The van der Waals surface area contributed by atoms with Gasteiger partial charge in [-0.3, -0.25) is 4.90 Å². The molecule has 3 unspecified atom stereocenters. The van der Waals surface area contributed by atoms with E-state index in [0.29, 0.717) is 18.2 Å². The average Bonchev–Trinajstić information content (AvgIpc) is 3.03. The minimum absolute atomic E-state index is 0.457. The smallest absolute Gasteiger partial charge is 0.0702 e. The Labute approximate surface area is 128 Å². The molecule has 116 valence electrons. The molecule has 3 atom stereocenters. The van der Waals surface area contributed by atoms with E-state index in [9.17, 15) is 0 Å². The molecule has 1 aromatic rings. The van der Waals surface area contributed by atoms with Gasteiger partial charge in [0.15, 0.2) is 0 Å². The Balaban J connectivity index is 1.63. The molecule has 0 aliphatic carbocycles. The van der Waals surface area contributed by atoms with Gasteiger partial charge in [0, 0.05) is 38.3 Å². The molecular formula is C18H28N2O. The molecule has 2 heterocycles. The van der Waals surface area contributed by atoms with Crippen LogP contribution in [0.15, 0.2) is 30.3 Å². The maximum Gasteiger partial charge on any atom is 0.0702 e. The van der Waals surface area contributed by atoms with Gasteiger partial charge in [-0.15, -0.1) is 0 Å². The number of ether oxygens (including phenoxy) is 1. The van der Waals surface area contributed by atoms with Crippen LogP contribution in [0.25, 0.3) is 0 Å². The lowest BCUT2D eigenvalue weighted by molar-refractivity contribution is 0.0389. The van der Waals surface area contributed by atoms with Gasteiger partial charge >= 0.3 is 0 Å². The molecule has 0 radical (unpaired) electrons. The number of piperazine rings is 1. The predicted octanol–water partition coefficient (Wildman–Crippen LogP) is 2.46. The first-order valence-corrected chi connectivity index (χ1v) is 8.48. The molecule has 2 aliphatic rings. The maximum atomic E-state index is 5.86. The van der Waals surface area contributed by atoms with Crippen LogP contribution in [-0.2, 0) is 11.2 Å². The van der Waals surface area contributed by atoms with Crippen molar-refractivity contribution in [1.29, 1.82) is 0 Å². The fourth-order valence-electron chi connectivity index (χ4n) is 3.56. The monoisotopic (exact) mass is 288 g/mol. The molecular weight excluding hydrogens is 260 g/mol. The third kappa shape index (κ3) is 4.06. The second kappa shape index (κ2) is 7.39. The van der Waals surface area contributed by atoms with Crippen molar-refractivity contribution in [2.75, 3.05) is 26.2 Å². The lowest BCUT2D eigenvalue weighted by Crippen LogP contribution is -2.58. The van der Waals surface area contributed by atoms with Gasteiger partial charge in [0.1, 0.15) is 0 Å². The van der Waals surface area contributed by atoms with Gasteiger partial charge in [0.25, 0.3) is 0 Å². The SMILES string of the molecule is CCC1CN(CC2CCCO2)C(Cc2ccccc2)CN1. The minimum atomic E-state index is 0.457. The predicted molar refractivity (Wildman–Crippen MR) is 86.6 cm³/mol. The van der Waals surface area contributed by atoms with Crippen molar-refractivity contribution in [3.63, 3.8) is 0 Å². The Morgan fingerprint density at radius 2 is 2.14 bits per heavy atom. The van der Waals surface area contributed by atoms with Crippen molar-refractivity contribution < 1.29 is 4.74 Å². The Hall–Kier alpha value is -0.900. The van der Waals surface area contributed by atoms with E-state index >= 15 is 0 Å². The number of hydrogen-bond donors (Lipinski definition) is 1. The van der Waals surface area contributed by atoms with E-state index in [-0.39, 0.29) is 0 Å². The first-order valence-electron chi connectivity index (χ1n) is 8.48. The summed E-state index contributed by atoms with van der Waals surface area (Å²) in [4.78, 5) is 2.67. The zero-order valence-corrected chi connectivity index (χ0v) is 13.1. The van der Waals surface area contributed by atoms with Gasteiger partial charge in [-0.05, 0) is 31.2 Å². The van der Waals surface area contributed by atoms with Gasteiger partial charge < -0.3 is 10.1 Å². The molecule has 0 amide bonds. The second-order valence-corrected chi connectivity index (χ2v) is 6.45. The molecule has 2 saturated heterocycles. The summed E-state index contributed by atoms with van der Waals surface area (Å²) in [6, 6.07) is 12.1. The minimum Gasteiger partial charge on any atom is -0.377 e. The summed E-state index contributed by atoms with van der Waals surface area (Å²) < 4.78 is 5.86. The zero-order chi connectivity index (χ0) is 14.5. The van der Waals surface area contributed by atoms with Crippen LogP contribution in [0, 0.1) is 0 Å². The summed E-state index contributed by atoms with van der Waals surface area (Å²) >= 11 is 0. The first kappa shape index (κ1) is 15.0. The Kier molecular flexibility index (Phi) is 5.28. The fraction of sp³-hybridized carbons (Fsp3) is 0.667. The summed E-state index contributed by atoms with van der Waals surface area (Å²) in [6.07, 6.45) is 5.27. The summed E-state index contributed by atoms with van der Waals surface area (Å²) in [5.74, 6) is 0. The third-order valence-corrected chi connectivity index (χ3v) is 4.88. The number of nitrogens with zero attached hydrogens (tertiary/aromatic N) is 1. The van der Waals surface area contributed by atoms with E-state index in [4.69, 9.17) is 4.74 Å². The van der Waals surface area contributed by atoms with E-state index in [2.05, 4.69) is 47.5 Å². The maximum absolute atomic E-state index is 5.86. The highest BCUT2D eigenvalue weighted by atomic mass is 16.5. The van der Waals surface area contributed by atoms with Crippen molar-refractivity contribution in [3.8, 4) is 0 Å². The zero-order valence-electron chi connectivity index (χ0n) is 13.1. The molecule has 3 rings (SSSR count). The Morgan fingerprint density at radius 3 is 2.86 bits per heavy atom. The van der Waals surface area contributed by atoms with E-state index < -0.39 is 0 Å². The summed E-state index contributed by atoms with van der Waals surface area (Å²) in [5.41, 5.74) is 1.44. The topological polar surface area (TPSA) is 24.5 Å².